The van der Waals surface area contributed by atoms with Gasteiger partial charge in [-0.1, -0.05) is 29.8 Å². The summed E-state index contributed by atoms with van der Waals surface area (Å²) in [4.78, 5) is 23.1. The van der Waals surface area contributed by atoms with Gasteiger partial charge in [0.25, 0.3) is 0 Å². The summed E-state index contributed by atoms with van der Waals surface area (Å²) < 4.78 is 5.17. The highest BCUT2D eigenvalue weighted by molar-refractivity contribution is 5.72. The Balaban J connectivity index is 2.73. The van der Waals surface area contributed by atoms with Gasteiger partial charge < -0.3 is 14.8 Å². The van der Waals surface area contributed by atoms with E-state index in [9.17, 15) is 9.59 Å². The first-order chi connectivity index (χ1) is 9.16. The normalized spacial score (nSPS) is 14.2. The molecule has 110 valence electrons. The van der Waals surface area contributed by atoms with Crippen LogP contribution in [0.3, 0.4) is 0 Å². The van der Waals surface area contributed by atoms with E-state index in [2.05, 4.69) is 5.32 Å². The zero-order valence-electron chi connectivity index (χ0n) is 12.8. The number of benzene rings is 1. The second kappa shape index (κ2) is 6.07. The summed E-state index contributed by atoms with van der Waals surface area (Å²) in [6.45, 7) is 9.37. The zero-order chi connectivity index (χ0) is 15.4. The predicted octanol–water partition coefficient (Wildman–Crippen LogP) is 2.98. The van der Waals surface area contributed by atoms with Gasteiger partial charge in [-0.3, -0.25) is 0 Å². The van der Waals surface area contributed by atoms with Crippen LogP contribution in [0.25, 0.3) is 0 Å². The van der Waals surface area contributed by atoms with Crippen molar-refractivity contribution in [2.75, 3.05) is 6.54 Å². The van der Waals surface area contributed by atoms with E-state index in [1.165, 1.54) is 0 Å². The second-order valence-electron chi connectivity index (χ2n) is 6.26. The van der Waals surface area contributed by atoms with Crippen LogP contribution in [0.1, 0.15) is 38.8 Å². The van der Waals surface area contributed by atoms with Gasteiger partial charge in [-0.05, 0) is 40.2 Å². The number of rotatable bonds is 4. The van der Waals surface area contributed by atoms with E-state index in [0.29, 0.717) is 0 Å². The topological polar surface area (TPSA) is 55.4 Å². The van der Waals surface area contributed by atoms with Crippen LogP contribution in [0.2, 0.25) is 0 Å². The van der Waals surface area contributed by atoms with Crippen LogP contribution >= 0.6 is 0 Å². The van der Waals surface area contributed by atoms with Crippen molar-refractivity contribution >= 4 is 12.4 Å². The van der Waals surface area contributed by atoms with E-state index < -0.39 is 17.1 Å². The summed E-state index contributed by atoms with van der Waals surface area (Å²) in [5.41, 5.74) is 0.687. The lowest BCUT2D eigenvalue weighted by Gasteiger charge is -2.26. The fourth-order valence-corrected chi connectivity index (χ4v) is 1.72. The molecule has 20 heavy (non-hydrogen) atoms. The maximum Gasteiger partial charge on any atom is 0.407 e. The third-order valence-corrected chi connectivity index (χ3v) is 2.97. The van der Waals surface area contributed by atoms with Crippen LogP contribution in [-0.2, 0) is 14.9 Å². The summed E-state index contributed by atoms with van der Waals surface area (Å²) in [6, 6.07) is 7.70. The fraction of sp³-hybridized carbons (Fsp3) is 0.500. The summed E-state index contributed by atoms with van der Waals surface area (Å²) in [5, 5.41) is 2.65. The van der Waals surface area contributed by atoms with Crippen molar-refractivity contribution in [3.63, 3.8) is 0 Å². The first-order valence-electron chi connectivity index (χ1n) is 6.67. The summed E-state index contributed by atoms with van der Waals surface area (Å²) in [7, 11) is 0. The molecule has 1 N–H and O–H groups in total. The molecule has 0 aromatic heterocycles. The average Bonchev–Trinajstić information content (AvgIpc) is 2.35. The van der Waals surface area contributed by atoms with Crippen molar-refractivity contribution in [3.8, 4) is 0 Å². The van der Waals surface area contributed by atoms with Crippen molar-refractivity contribution in [1.82, 2.24) is 5.32 Å². The number of alkyl carbamates (subject to hydrolysis) is 1. The fourth-order valence-electron chi connectivity index (χ4n) is 1.72. The van der Waals surface area contributed by atoms with Gasteiger partial charge in [-0.2, -0.15) is 0 Å². The summed E-state index contributed by atoms with van der Waals surface area (Å²) in [6.07, 6.45) is 0.340. The lowest BCUT2D eigenvalue weighted by molar-refractivity contribution is -0.112. The van der Waals surface area contributed by atoms with Gasteiger partial charge in [0.15, 0.2) is 0 Å². The van der Waals surface area contributed by atoms with Crippen LogP contribution in [0.5, 0.6) is 0 Å². The van der Waals surface area contributed by atoms with Crippen LogP contribution in [0.4, 0.5) is 4.79 Å². The van der Waals surface area contributed by atoms with E-state index in [0.717, 1.165) is 17.4 Å². The number of ether oxygens (including phenoxy) is 1. The molecular weight excluding hydrogens is 254 g/mol. The quantitative estimate of drug-likeness (QED) is 0.861. The van der Waals surface area contributed by atoms with Crippen molar-refractivity contribution in [1.29, 1.82) is 0 Å². The van der Waals surface area contributed by atoms with Gasteiger partial charge >= 0.3 is 6.09 Å². The Bertz CT molecular complexity index is 473. The Morgan fingerprint density at radius 3 is 2.20 bits per heavy atom. The molecule has 4 heteroatoms. The molecule has 0 radical (unpaired) electrons. The molecule has 0 aliphatic rings. The Morgan fingerprint density at radius 1 is 1.20 bits per heavy atom. The highest BCUT2D eigenvalue weighted by Gasteiger charge is 2.27. The lowest BCUT2D eigenvalue weighted by atomic mass is 9.83. The number of hydrogen-bond acceptors (Lipinski definition) is 3. The monoisotopic (exact) mass is 277 g/mol. The maximum absolute atomic E-state index is 11.7. The third kappa shape index (κ3) is 4.68. The molecule has 0 aliphatic heterocycles. The molecule has 1 unspecified atom stereocenters. The highest BCUT2D eigenvalue weighted by Crippen LogP contribution is 2.21. The predicted molar refractivity (Wildman–Crippen MR) is 78.8 cm³/mol. The van der Waals surface area contributed by atoms with Crippen LogP contribution in [-0.4, -0.2) is 24.5 Å². The van der Waals surface area contributed by atoms with Gasteiger partial charge in [-0.25, -0.2) is 4.79 Å². The number of carbonyl (C=O) groups excluding carboxylic acids is 2. The molecule has 0 heterocycles. The molecule has 0 saturated heterocycles. The number of amides is 1. The number of aryl methyl sites for hydroxylation is 1. The number of nitrogens with one attached hydrogen (secondary N) is 1. The van der Waals surface area contributed by atoms with E-state index >= 15 is 0 Å². The molecule has 0 fully saturated rings. The molecule has 1 aromatic rings. The minimum atomic E-state index is -0.759. The van der Waals surface area contributed by atoms with Gasteiger partial charge in [0.1, 0.15) is 11.9 Å². The number of hydrogen-bond donors (Lipinski definition) is 1. The first kappa shape index (κ1) is 16.2. The molecule has 0 bridgehead atoms. The first-order valence-corrected chi connectivity index (χ1v) is 6.67. The summed E-state index contributed by atoms with van der Waals surface area (Å²) in [5.74, 6) is 0. The standard InChI is InChI=1S/C16H23NO3/c1-12-6-8-13(9-7-12)16(5,11-18)10-17-14(19)20-15(2,3)4/h6-9,11H,10H2,1-5H3,(H,17,19). The van der Waals surface area contributed by atoms with Crippen molar-refractivity contribution in [2.45, 2.75) is 45.6 Å². The van der Waals surface area contributed by atoms with Gasteiger partial charge in [-0.15, -0.1) is 0 Å². The minimum absolute atomic E-state index is 0.203. The zero-order valence-corrected chi connectivity index (χ0v) is 12.8. The van der Waals surface area contributed by atoms with Crippen LogP contribution in [0, 0.1) is 6.92 Å². The minimum Gasteiger partial charge on any atom is -0.444 e. The Morgan fingerprint density at radius 2 is 1.75 bits per heavy atom. The largest absolute Gasteiger partial charge is 0.444 e. The second-order valence-corrected chi connectivity index (χ2v) is 6.26. The number of aldehydes is 1. The molecule has 1 rings (SSSR count). The summed E-state index contributed by atoms with van der Waals surface area (Å²) >= 11 is 0. The van der Waals surface area contributed by atoms with Crippen molar-refractivity contribution < 1.29 is 14.3 Å². The average molecular weight is 277 g/mol. The molecule has 0 saturated carbocycles. The van der Waals surface area contributed by atoms with Crippen LogP contribution < -0.4 is 5.32 Å². The molecule has 4 nitrogen and oxygen atoms in total. The number of carbonyl (C=O) groups is 2. The molecule has 1 atom stereocenters. The van der Waals surface area contributed by atoms with Crippen molar-refractivity contribution in [3.05, 3.63) is 35.4 Å². The van der Waals surface area contributed by atoms with E-state index in [1.807, 2.05) is 31.2 Å². The molecular formula is C16H23NO3. The van der Waals surface area contributed by atoms with E-state index in [-0.39, 0.29) is 6.54 Å². The molecule has 1 aromatic carbocycles. The van der Waals surface area contributed by atoms with Gasteiger partial charge in [0.05, 0.1) is 5.41 Å². The Kier molecular flexibility index (Phi) is 4.93. The molecule has 1 amide bonds. The van der Waals surface area contributed by atoms with Crippen molar-refractivity contribution in [2.24, 2.45) is 0 Å². The van der Waals surface area contributed by atoms with E-state index in [1.54, 1.807) is 27.7 Å². The smallest absolute Gasteiger partial charge is 0.407 e. The Hall–Kier alpha value is -1.84. The maximum atomic E-state index is 11.7. The van der Waals surface area contributed by atoms with E-state index in [4.69, 9.17) is 4.74 Å². The highest BCUT2D eigenvalue weighted by atomic mass is 16.6. The lowest BCUT2D eigenvalue weighted by Crippen LogP contribution is -2.42. The Labute approximate surface area is 120 Å². The molecule has 0 aliphatic carbocycles. The van der Waals surface area contributed by atoms with Gasteiger partial charge in [0, 0.05) is 6.54 Å². The van der Waals surface area contributed by atoms with Crippen LogP contribution in [0.15, 0.2) is 24.3 Å². The molecule has 0 spiro atoms. The third-order valence-electron chi connectivity index (χ3n) is 2.97. The van der Waals surface area contributed by atoms with Gasteiger partial charge in [0.2, 0.25) is 0 Å². The SMILES string of the molecule is Cc1ccc(C(C)(C=O)CNC(=O)OC(C)(C)C)cc1.